The molecule has 7 heteroatoms. The molecule has 0 saturated carbocycles. The highest BCUT2D eigenvalue weighted by atomic mass is 16.6. The van der Waals surface area contributed by atoms with E-state index in [1.807, 2.05) is 4.90 Å². The number of hydrogen-bond acceptors (Lipinski definition) is 5. The molecular formula is C20H26N2O5. The fourth-order valence-corrected chi connectivity index (χ4v) is 3.65. The Morgan fingerprint density at radius 1 is 1.19 bits per heavy atom. The van der Waals surface area contributed by atoms with Gasteiger partial charge in [0.25, 0.3) is 5.91 Å². The third kappa shape index (κ3) is 4.23. The molecule has 27 heavy (non-hydrogen) atoms. The number of hydrogen-bond donors (Lipinski definition) is 0. The van der Waals surface area contributed by atoms with Crippen LogP contribution in [0.3, 0.4) is 0 Å². The molecule has 3 rings (SSSR count). The molecule has 1 aromatic carbocycles. The van der Waals surface area contributed by atoms with Crippen molar-refractivity contribution in [3.05, 3.63) is 35.4 Å². The van der Waals surface area contributed by atoms with Crippen LogP contribution in [0.4, 0.5) is 4.79 Å². The topological polar surface area (TPSA) is 76.2 Å². The van der Waals surface area contributed by atoms with Crippen LogP contribution in [0.1, 0.15) is 47.4 Å². The number of nitrogens with zero attached hydrogens (tertiary/aromatic N) is 2. The van der Waals surface area contributed by atoms with E-state index in [1.54, 1.807) is 29.2 Å². The van der Waals surface area contributed by atoms with Crippen LogP contribution >= 0.6 is 0 Å². The van der Waals surface area contributed by atoms with E-state index in [-0.39, 0.29) is 23.5 Å². The second-order valence-electron chi connectivity index (χ2n) is 7.94. The van der Waals surface area contributed by atoms with Crippen LogP contribution in [-0.4, -0.2) is 67.2 Å². The van der Waals surface area contributed by atoms with Gasteiger partial charge in [-0.15, -0.1) is 0 Å². The Kier molecular flexibility index (Phi) is 5.39. The van der Waals surface area contributed by atoms with Gasteiger partial charge in [0.15, 0.2) is 0 Å². The van der Waals surface area contributed by atoms with Crippen molar-refractivity contribution in [1.29, 1.82) is 0 Å². The molecule has 0 aliphatic carbocycles. The number of carbonyl (C=O) groups is 3. The third-order valence-electron chi connectivity index (χ3n) is 5.14. The molecule has 2 fully saturated rings. The smallest absolute Gasteiger partial charge is 0.410 e. The number of cyclic esters (lactones) is 1. The van der Waals surface area contributed by atoms with Crippen molar-refractivity contribution < 1.29 is 23.9 Å². The van der Waals surface area contributed by atoms with Gasteiger partial charge in [-0.25, -0.2) is 9.59 Å². The molecule has 2 heterocycles. The van der Waals surface area contributed by atoms with Crippen LogP contribution in [0.25, 0.3) is 0 Å². The lowest BCUT2D eigenvalue weighted by Crippen LogP contribution is -2.55. The highest BCUT2D eigenvalue weighted by Gasteiger charge is 2.38. The van der Waals surface area contributed by atoms with Crippen LogP contribution in [0.2, 0.25) is 0 Å². The summed E-state index contributed by atoms with van der Waals surface area (Å²) in [6.07, 6.45) is 1.17. The van der Waals surface area contributed by atoms with Crippen molar-refractivity contribution in [2.75, 3.05) is 33.4 Å². The summed E-state index contributed by atoms with van der Waals surface area (Å²) in [4.78, 5) is 40.2. The van der Waals surface area contributed by atoms with Gasteiger partial charge in [0.05, 0.1) is 19.3 Å². The summed E-state index contributed by atoms with van der Waals surface area (Å²) in [5, 5.41) is 0. The van der Waals surface area contributed by atoms with Gasteiger partial charge in [-0.2, -0.15) is 0 Å². The Bertz CT molecular complexity index is 738. The molecule has 0 aromatic heterocycles. The molecule has 0 bridgehead atoms. The summed E-state index contributed by atoms with van der Waals surface area (Å²) < 4.78 is 10.0. The van der Waals surface area contributed by atoms with Crippen molar-refractivity contribution in [3.63, 3.8) is 0 Å². The SMILES string of the molecule is COC(=O)c1cccc(C(=O)N2CCC(N3CC(C)(C)COC3=O)CC2)c1. The number of ether oxygens (including phenoxy) is 2. The van der Waals surface area contributed by atoms with E-state index in [0.717, 1.165) is 0 Å². The molecular weight excluding hydrogens is 348 g/mol. The molecule has 2 amide bonds. The zero-order valence-corrected chi connectivity index (χ0v) is 16.1. The molecule has 0 atom stereocenters. The third-order valence-corrected chi connectivity index (χ3v) is 5.14. The second-order valence-corrected chi connectivity index (χ2v) is 7.94. The van der Waals surface area contributed by atoms with E-state index >= 15 is 0 Å². The molecule has 0 unspecified atom stereocenters. The highest BCUT2D eigenvalue weighted by Crippen LogP contribution is 2.28. The van der Waals surface area contributed by atoms with Crippen LogP contribution in [-0.2, 0) is 9.47 Å². The first-order valence-corrected chi connectivity index (χ1v) is 9.22. The monoisotopic (exact) mass is 374 g/mol. The Balaban J connectivity index is 1.63. The number of benzene rings is 1. The predicted molar refractivity (Wildman–Crippen MR) is 98.5 cm³/mol. The standard InChI is InChI=1S/C20H26N2O5/c1-20(2)12-22(19(25)27-13-20)16-7-9-21(10-8-16)17(23)14-5-4-6-15(11-14)18(24)26-3/h4-6,11,16H,7-10,12-13H2,1-3H3. The first-order chi connectivity index (χ1) is 12.8. The van der Waals surface area contributed by atoms with Gasteiger partial charge in [0.1, 0.15) is 0 Å². The first-order valence-electron chi connectivity index (χ1n) is 9.22. The van der Waals surface area contributed by atoms with E-state index in [1.165, 1.54) is 7.11 Å². The molecule has 7 nitrogen and oxygen atoms in total. The highest BCUT2D eigenvalue weighted by molar-refractivity contribution is 5.98. The lowest BCUT2D eigenvalue weighted by molar-refractivity contribution is -0.0153. The van der Waals surface area contributed by atoms with Crippen molar-refractivity contribution in [3.8, 4) is 0 Å². The quantitative estimate of drug-likeness (QED) is 0.760. The normalized spacial score (nSPS) is 20.2. The number of carbonyl (C=O) groups excluding carboxylic acids is 3. The van der Waals surface area contributed by atoms with Crippen LogP contribution in [0.15, 0.2) is 24.3 Å². The minimum absolute atomic E-state index is 0.0603. The molecule has 2 aliphatic heterocycles. The van der Waals surface area contributed by atoms with Gasteiger partial charge in [-0.1, -0.05) is 19.9 Å². The Morgan fingerprint density at radius 2 is 1.85 bits per heavy atom. The van der Waals surface area contributed by atoms with Gasteiger partial charge in [-0.05, 0) is 31.0 Å². The van der Waals surface area contributed by atoms with Crippen molar-refractivity contribution in [1.82, 2.24) is 9.80 Å². The summed E-state index contributed by atoms with van der Waals surface area (Å²) in [5.74, 6) is -0.574. The van der Waals surface area contributed by atoms with Crippen molar-refractivity contribution in [2.45, 2.75) is 32.7 Å². The van der Waals surface area contributed by atoms with Gasteiger partial charge < -0.3 is 19.3 Å². The minimum Gasteiger partial charge on any atom is -0.465 e. The zero-order valence-electron chi connectivity index (χ0n) is 16.1. The maximum absolute atomic E-state index is 12.8. The lowest BCUT2D eigenvalue weighted by atomic mass is 9.91. The van der Waals surface area contributed by atoms with E-state index in [2.05, 4.69) is 13.8 Å². The zero-order chi connectivity index (χ0) is 19.6. The molecule has 0 radical (unpaired) electrons. The number of amides is 2. The predicted octanol–water partition coefficient (Wildman–Crippen LogP) is 2.56. The largest absolute Gasteiger partial charge is 0.465 e. The summed E-state index contributed by atoms with van der Waals surface area (Å²) in [7, 11) is 1.31. The summed E-state index contributed by atoms with van der Waals surface area (Å²) in [6, 6.07) is 6.65. The van der Waals surface area contributed by atoms with E-state index in [9.17, 15) is 14.4 Å². The maximum Gasteiger partial charge on any atom is 0.410 e. The maximum atomic E-state index is 12.8. The molecule has 1 aromatic rings. The lowest BCUT2D eigenvalue weighted by Gasteiger charge is -2.44. The summed E-state index contributed by atoms with van der Waals surface area (Å²) >= 11 is 0. The molecule has 146 valence electrons. The Hall–Kier alpha value is -2.57. The van der Waals surface area contributed by atoms with Gasteiger partial charge in [-0.3, -0.25) is 4.79 Å². The fourth-order valence-electron chi connectivity index (χ4n) is 3.65. The Labute approximate surface area is 159 Å². The van der Waals surface area contributed by atoms with Gasteiger partial charge in [0.2, 0.25) is 0 Å². The van der Waals surface area contributed by atoms with Crippen LogP contribution < -0.4 is 0 Å². The number of likely N-dealkylation sites (tertiary alicyclic amines) is 1. The van der Waals surface area contributed by atoms with Gasteiger partial charge in [0, 0.05) is 36.7 Å². The fraction of sp³-hybridized carbons (Fsp3) is 0.550. The first kappa shape index (κ1) is 19.2. The number of methoxy groups -OCH3 is 1. The minimum atomic E-state index is -0.463. The Morgan fingerprint density at radius 3 is 2.52 bits per heavy atom. The van der Waals surface area contributed by atoms with Crippen LogP contribution in [0.5, 0.6) is 0 Å². The van der Waals surface area contributed by atoms with Crippen molar-refractivity contribution in [2.24, 2.45) is 5.41 Å². The average molecular weight is 374 g/mol. The number of rotatable bonds is 3. The molecule has 2 aliphatic rings. The number of esters is 1. The van der Waals surface area contributed by atoms with E-state index in [0.29, 0.717) is 50.2 Å². The summed E-state index contributed by atoms with van der Waals surface area (Å²) in [6.45, 7) is 6.41. The molecule has 0 N–H and O–H groups in total. The van der Waals surface area contributed by atoms with E-state index < -0.39 is 5.97 Å². The molecule has 2 saturated heterocycles. The van der Waals surface area contributed by atoms with Crippen LogP contribution in [0, 0.1) is 5.41 Å². The average Bonchev–Trinajstić information content (AvgIpc) is 2.69. The number of piperidine rings is 1. The van der Waals surface area contributed by atoms with Gasteiger partial charge >= 0.3 is 12.1 Å². The van der Waals surface area contributed by atoms with E-state index in [4.69, 9.17) is 9.47 Å². The second kappa shape index (κ2) is 7.58. The molecule has 0 spiro atoms. The van der Waals surface area contributed by atoms with Crippen molar-refractivity contribution >= 4 is 18.0 Å². The summed E-state index contributed by atoms with van der Waals surface area (Å²) in [5.41, 5.74) is 0.765.